The van der Waals surface area contributed by atoms with Crippen molar-refractivity contribution in [1.82, 2.24) is 25.3 Å². The highest BCUT2D eigenvalue weighted by molar-refractivity contribution is 4.83. The van der Waals surface area contributed by atoms with E-state index >= 15 is 0 Å². The van der Waals surface area contributed by atoms with E-state index in [2.05, 4.69) is 32.3 Å². The lowest BCUT2D eigenvalue weighted by atomic mass is 10.3. The maximum absolute atomic E-state index is 5.06. The molecule has 0 amide bonds. The number of nitrogens with zero attached hydrogens (tertiary/aromatic N) is 4. The molecule has 102 valence electrons. The molecule has 6 nitrogen and oxygen atoms in total. The van der Waals surface area contributed by atoms with Crippen LogP contribution in [0.15, 0.2) is 4.52 Å². The van der Waals surface area contributed by atoms with Crippen LogP contribution < -0.4 is 5.32 Å². The van der Waals surface area contributed by atoms with Crippen molar-refractivity contribution in [3.05, 3.63) is 11.7 Å². The van der Waals surface area contributed by atoms with Gasteiger partial charge in [0.25, 0.3) is 0 Å². The molecule has 0 bridgehead atoms. The summed E-state index contributed by atoms with van der Waals surface area (Å²) < 4.78 is 5.06. The number of aryl methyl sites for hydroxylation is 1. The van der Waals surface area contributed by atoms with Gasteiger partial charge in [-0.1, -0.05) is 5.16 Å². The summed E-state index contributed by atoms with van der Waals surface area (Å²) >= 11 is 0. The first-order chi connectivity index (χ1) is 8.74. The Morgan fingerprint density at radius 1 is 1.22 bits per heavy atom. The summed E-state index contributed by atoms with van der Waals surface area (Å²) in [6.07, 6.45) is 0.809. The van der Waals surface area contributed by atoms with Gasteiger partial charge in [0.2, 0.25) is 5.89 Å². The summed E-state index contributed by atoms with van der Waals surface area (Å²) in [5.74, 6) is 1.43. The summed E-state index contributed by atoms with van der Waals surface area (Å²) in [5.41, 5.74) is 0. The Balaban J connectivity index is 1.51. The van der Waals surface area contributed by atoms with E-state index < -0.39 is 0 Å². The lowest BCUT2D eigenvalue weighted by Gasteiger charge is -2.32. The van der Waals surface area contributed by atoms with E-state index in [1.54, 1.807) is 0 Å². The predicted molar refractivity (Wildman–Crippen MR) is 69.5 cm³/mol. The van der Waals surface area contributed by atoms with Crippen molar-refractivity contribution >= 4 is 0 Å². The first kappa shape index (κ1) is 13.5. The summed E-state index contributed by atoms with van der Waals surface area (Å²) in [7, 11) is 2.18. The fourth-order valence-corrected chi connectivity index (χ4v) is 2.07. The standard InChI is InChI=1S/C12H23N5O/c1-11-14-12(18-15-11)3-4-13-5-6-17-9-7-16(2)8-10-17/h13H,3-10H2,1-2H3. The van der Waals surface area contributed by atoms with Crippen LogP contribution in [0.1, 0.15) is 11.7 Å². The zero-order chi connectivity index (χ0) is 12.8. The second-order valence-corrected chi connectivity index (χ2v) is 4.88. The molecule has 0 saturated carbocycles. The van der Waals surface area contributed by atoms with E-state index in [1.165, 1.54) is 26.2 Å². The Morgan fingerprint density at radius 3 is 2.67 bits per heavy atom. The van der Waals surface area contributed by atoms with Gasteiger partial charge in [0.15, 0.2) is 5.82 Å². The molecule has 0 unspecified atom stereocenters. The highest BCUT2D eigenvalue weighted by Crippen LogP contribution is 1.98. The van der Waals surface area contributed by atoms with Gasteiger partial charge in [-0.3, -0.25) is 4.90 Å². The van der Waals surface area contributed by atoms with Gasteiger partial charge >= 0.3 is 0 Å². The van der Waals surface area contributed by atoms with E-state index in [-0.39, 0.29) is 0 Å². The molecule has 1 aliphatic rings. The molecular formula is C12H23N5O. The van der Waals surface area contributed by atoms with Crippen LogP contribution in [-0.4, -0.2) is 72.8 Å². The third-order valence-electron chi connectivity index (χ3n) is 3.29. The highest BCUT2D eigenvalue weighted by Gasteiger charge is 2.12. The second kappa shape index (κ2) is 6.82. The number of rotatable bonds is 6. The van der Waals surface area contributed by atoms with Gasteiger partial charge in [0, 0.05) is 52.2 Å². The lowest BCUT2D eigenvalue weighted by Crippen LogP contribution is -2.46. The fourth-order valence-electron chi connectivity index (χ4n) is 2.07. The first-order valence-corrected chi connectivity index (χ1v) is 6.65. The zero-order valence-corrected chi connectivity index (χ0v) is 11.4. The largest absolute Gasteiger partial charge is 0.339 e. The lowest BCUT2D eigenvalue weighted by molar-refractivity contribution is 0.155. The minimum atomic E-state index is 0.711. The van der Waals surface area contributed by atoms with Gasteiger partial charge in [-0.15, -0.1) is 0 Å². The molecule has 0 spiro atoms. The van der Waals surface area contributed by atoms with Crippen LogP contribution in [0.25, 0.3) is 0 Å². The summed E-state index contributed by atoms with van der Waals surface area (Å²) in [5, 5.41) is 7.19. The first-order valence-electron chi connectivity index (χ1n) is 6.65. The Morgan fingerprint density at radius 2 is 2.00 bits per heavy atom. The Kier molecular flexibility index (Phi) is 5.10. The van der Waals surface area contributed by atoms with Crippen LogP contribution >= 0.6 is 0 Å². The highest BCUT2D eigenvalue weighted by atomic mass is 16.5. The number of hydrogen-bond donors (Lipinski definition) is 1. The van der Waals surface area contributed by atoms with Crippen molar-refractivity contribution in [2.24, 2.45) is 0 Å². The molecule has 2 heterocycles. The Labute approximate surface area is 108 Å². The molecule has 1 aromatic rings. The van der Waals surface area contributed by atoms with Crippen molar-refractivity contribution < 1.29 is 4.52 Å². The smallest absolute Gasteiger partial charge is 0.227 e. The van der Waals surface area contributed by atoms with Gasteiger partial charge < -0.3 is 14.7 Å². The average Bonchev–Trinajstić information content (AvgIpc) is 2.77. The molecule has 1 fully saturated rings. The third kappa shape index (κ3) is 4.36. The molecule has 0 aromatic carbocycles. The number of aromatic nitrogens is 2. The van der Waals surface area contributed by atoms with Crippen LogP contribution in [0.3, 0.4) is 0 Å². The van der Waals surface area contributed by atoms with E-state index in [0.717, 1.165) is 31.9 Å². The molecule has 1 aliphatic heterocycles. The Bertz CT molecular complexity index is 346. The van der Waals surface area contributed by atoms with E-state index in [0.29, 0.717) is 5.82 Å². The molecule has 18 heavy (non-hydrogen) atoms. The maximum Gasteiger partial charge on any atom is 0.227 e. The molecule has 2 rings (SSSR count). The maximum atomic E-state index is 5.06. The van der Waals surface area contributed by atoms with Gasteiger partial charge in [-0.05, 0) is 14.0 Å². The van der Waals surface area contributed by atoms with Gasteiger partial charge in [-0.2, -0.15) is 4.98 Å². The third-order valence-corrected chi connectivity index (χ3v) is 3.29. The van der Waals surface area contributed by atoms with Crippen LogP contribution in [-0.2, 0) is 6.42 Å². The fraction of sp³-hybridized carbons (Fsp3) is 0.833. The van der Waals surface area contributed by atoms with Crippen LogP contribution in [0.5, 0.6) is 0 Å². The van der Waals surface area contributed by atoms with Gasteiger partial charge in [0.05, 0.1) is 0 Å². The molecule has 6 heteroatoms. The van der Waals surface area contributed by atoms with Crippen molar-refractivity contribution in [3.8, 4) is 0 Å². The summed E-state index contributed by atoms with van der Waals surface area (Å²) in [6, 6.07) is 0. The monoisotopic (exact) mass is 253 g/mol. The van der Waals surface area contributed by atoms with Crippen molar-refractivity contribution in [3.63, 3.8) is 0 Å². The minimum Gasteiger partial charge on any atom is -0.339 e. The average molecular weight is 253 g/mol. The van der Waals surface area contributed by atoms with Crippen LogP contribution in [0.2, 0.25) is 0 Å². The SMILES string of the molecule is Cc1noc(CCNCCN2CCN(C)CC2)n1. The molecule has 1 saturated heterocycles. The van der Waals surface area contributed by atoms with Gasteiger partial charge in [0.1, 0.15) is 0 Å². The quantitative estimate of drug-likeness (QED) is 0.706. The van der Waals surface area contributed by atoms with Gasteiger partial charge in [-0.25, -0.2) is 0 Å². The number of piperazine rings is 1. The molecule has 0 atom stereocenters. The van der Waals surface area contributed by atoms with Crippen molar-refractivity contribution in [2.75, 3.05) is 52.9 Å². The number of nitrogens with one attached hydrogen (secondary N) is 1. The van der Waals surface area contributed by atoms with E-state index in [4.69, 9.17) is 4.52 Å². The van der Waals surface area contributed by atoms with Crippen molar-refractivity contribution in [1.29, 1.82) is 0 Å². The normalized spacial score (nSPS) is 18.3. The van der Waals surface area contributed by atoms with Crippen LogP contribution in [0, 0.1) is 6.92 Å². The summed E-state index contributed by atoms with van der Waals surface area (Å²) in [6.45, 7) is 9.61. The molecular weight excluding hydrogens is 230 g/mol. The van der Waals surface area contributed by atoms with E-state index in [1.807, 2.05) is 6.92 Å². The summed E-state index contributed by atoms with van der Waals surface area (Å²) in [4.78, 5) is 9.05. The molecule has 0 radical (unpaired) electrons. The molecule has 0 aliphatic carbocycles. The number of hydrogen-bond acceptors (Lipinski definition) is 6. The number of likely N-dealkylation sites (N-methyl/N-ethyl adjacent to an activating group) is 1. The minimum absolute atomic E-state index is 0.711. The molecule has 1 aromatic heterocycles. The van der Waals surface area contributed by atoms with E-state index in [9.17, 15) is 0 Å². The zero-order valence-electron chi connectivity index (χ0n) is 11.4. The van der Waals surface area contributed by atoms with Crippen LogP contribution in [0.4, 0.5) is 0 Å². The Hall–Kier alpha value is -0.980. The second-order valence-electron chi connectivity index (χ2n) is 4.88. The molecule has 1 N–H and O–H groups in total. The topological polar surface area (TPSA) is 57.4 Å². The van der Waals surface area contributed by atoms with Crippen molar-refractivity contribution in [2.45, 2.75) is 13.3 Å². The predicted octanol–water partition coefficient (Wildman–Crippen LogP) is -0.242.